The fourth-order valence-corrected chi connectivity index (χ4v) is 4.10. The molecule has 9 heteroatoms. The maximum absolute atomic E-state index is 12.6. The fourth-order valence-electron chi connectivity index (χ4n) is 2.43. The monoisotopic (exact) mass is 381 g/mol. The van der Waals surface area contributed by atoms with Gasteiger partial charge >= 0.3 is 5.97 Å². The molecule has 0 aliphatic heterocycles. The Labute approximate surface area is 150 Å². The summed E-state index contributed by atoms with van der Waals surface area (Å²) in [5.74, 6) is -0.866. The average Bonchev–Trinajstić information content (AvgIpc) is 2.90. The Balaban J connectivity index is 2.86. The van der Waals surface area contributed by atoms with Gasteiger partial charge in [-0.15, -0.1) is 0 Å². The zero-order chi connectivity index (χ0) is 18.8. The molecule has 0 saturated carbocycles. The molecule has 0 saturated heterocycles. The molecule has 0 bridgehead atoms. The molecule has 0 aliphatic rings. The number of ether oxygens (including phenoxy) is 1. The summed E-state index contributed by atoms with van der Waals surface area (Å²) in [5.41, 5.74) is 5.80. The minimum Gasteiger partial charge on any atom is -0.464 e. The summed E-state index contributed by atoms with van der Waals surface area (Å²) < 4.78 is 31.1. The van der Waals surface area contributed by atoms with Gasteiger partial charge < -0.3 is 15.0 Å². The number of nitrogens with zero attached hydrogens (tertiary/aromatic N) is 2. The highest BCUT2D eigenvalue weighted by Gasteiger charge is 2.26. The molecule has 132 valence electrons. The van der Waals surface area contributed by atoms with Crippen LogP contribution in [-0.2, 0) is 14.6 Å². The van der Waals surface area contributed by atoms with Crippen LogP contribution in [0.15, 0.2) is 29.3 Å². The Morgan fingerprint density at radius 1 is 1.44 bits per heavy atom. The molecule has 0 amide bonds. The van der Waals surface area contributed by atoms with Crippen molar-refractivity contribution >= 4 is 33.1 Å². The summed E-state index contributed by atoms with van der Waals surface area (Å²) in [6.07, 6.45) is 1.71. The van der Waals surface area contributed by atoms with Crippen LogP contribution in [-0.4, -0.2) is 31.8 Å². The Morgan fingerprint density at radius 2 is 2.12 bits per heavy atom. The molecule has 2 N–H and O–H groups in total. The number of esters is 1. The van der Waals surface area contributed by atoms with Crippen LogP contribution in [0.1, 0.15) is 29.4 Å². The first-order valence-corrected chi connectivity index (χ1v) is 9.31. The van der Waals surface area contributed by atoms with Crippen molar-refractivity contribution in [3.8, 4) is 11.8 Å². The Hall–Kier alpha value is -2.50. The fraction of sp³-hybridized carbons (Fsp3) is 0.250. The van der Waals surface area contributed by atoms with E-state index < -0.39 is 15.8 Å². The van der Waals surface area contributed by atoms with Crippen LogP contribution in [0.2, 0.25) is 5.02 Å². The topological polar surface area (TPSA) is 115 Å². The van der Waals surface area contributed by atoms with Crippen molar-refractivity contribution in [2.45, 2.75) is 18.2 Å². The molecule has 7 nitrogen and oxygen atoms in total. The molecule has 0 aliphatic carbocycles. The molecule has 0 fully saturated rings. The van der Waals surface area contributed by atoms with Crippen molar-refractivity contribution in [1.29, 1.82) is 5.26 Å². The first kappa shape index (κ1) is 18.8. The highest BCUT2D eigenvalue weighted by molar-refractivity contribution is 7.91. The summed E-state index contributed by atoms with van der Waals surface area (Å²) in [4.78, 5) is 12.1. The van der Waals surface area contributed by atoms with E-state index in [1.165, 1.54) is 29.0 Å². The predicted octanol–water partition coefficient (Wildman–Crippen LogP) is 2.55. The maximum Gasteiger partial charge on any atom is 0.357 e. The number of nitriles is 1. The van der Waals surface area contributed by atoms with Gasteiger partial charge in [-0.3, -0.25) is 0 Å². The van der Waals surface area contributed by atoms with E-state index in [0.29, 0.717) is 6.42 Å². The SMILES string of the molecule is CCCS(=O)(=O)c1ccc(Cl)cc1-n1cc(C#N)c(N)c1C(=O)OC. The number of aromatic nitrogens is 1. The maximum atomic E-state index is 12.6. The number of carbonyl (C=O) groups excluding carboxylic acids is 1. The van der Waals surface area contributed by atoms with Gasteiger partial charge in [0.1, 0.15) is 6.07 Å². The molecule has 0 radical (unpaired) electrons. The Bertz CT molecular complexity index is 974. The van der Waals surface area contributed by atoms with Gasteiger partial charge in [0, 0.05) is 11.2 Å². The van der Waals surface area contributed by atoms with Gasteiger partial charge in [0.2, 0.25) is 0 Å². The lowest BCUT2D eigenvalue weighted by atomic mass is 10.2. The molecule has 0 atom stereocenters. The van der Waals surface area contributed by atoms with Gasteiger partial charge in [-0.2, -0.15) is 5.26 Å². The third-order valence-electron chi connectivity index (χ3n) is 3.53. The molecule has 0 unspecified atom stereocenters. The molecule has 1 aromatic carbocycles. The molecule has 0 spiro atoms. The number of hydrogen-bond acceptors (Lipinski definition) is 6. The van der Waals surface area contributed by atoms with Gasteiger partial charge in [-0.25, -0.2) is 13.2 Å². The molecule has 1 aromatic heterocycles. The van der Waals surface area contributed by atoms with E-state index in [4.69, 9.17) is 22.1 Å². The predicted molar refractivity (Wildman–Crippen MR) is 93.6 cm³/mol. The van der Waals surface area contributed by atoms with Crippen LogP contribution in [0.5, 0.6) is 0 Å². The quantitative estimate of drug-likeness (QED) is 0.795. The van der Waals surface area contributed by atoms with E-state index >= 15 is 0 Å². The van der Waals surface area contributed by atoms with Crippen LogP contribution in [0.25, 0.3) is 5.69 Å². The molecular weight excluding hydrogens is 366 g/mol. The number of rotatable bonds is 5. The molecule has 1 heterocycles. The van der Waals surface area contributed by atoms with Crippen molar-refractivity contribution < 1.29 is 17.9 Å². The second-order valence-electron chi connectivity index (χ2n) is 5.21. The summed E-state index contributed by atoms with van der Waals surface area (Å²) in [6, 6.07) is 6.08. The van der Waals surface area contributed by atoms with Crippen LogP contribution >= 0.6 is 11.6 Å². The third-order valence-corrected chi connectivity index (χ3v) is 5.73. The van der Waals surface area contributed by atoms with E-state index in [0.717, 1.165) is 7.11 Å². The van der Waals surface area contributed by atoms with Crippen LogP contribution < -0.4 is 5.73 Å². The van der Waals surface area contributed by atoms with E-state index in [9.17, 15) is 18.5 Å². The smallest absolute Gasteiger partial charge is 0.357 e. The lowest BCUT2D eigenvalue weighted by Gasteiger charge is -2.14. The number of nitrogen functional groups attached to an aromatic ring is 1. The third kappa shape index (κ3) is 3.48. The average molecular weight is 382 g/mol. The molecule has 2 rings (SSSR count). The van der Waals surface area contributed by atoms with Crippen molar-refractivity contribution in [2.75, 3.05) is 18.6 Å². The lowest BCUT2D eigenvalue weighted by molar-refractivity contribution is 0.0593. The highest BCUT2D eigenvalue weighted by atomic mass is 35.5. The molecular formula is C16H16ClN3O4S. The van der Waals surface area contributed by atoms with Gasteiger partial charge in [0.15, 0.2) is 15.5 Å². The van der Waals surface area contributed by atoms with E-state index in [2.05, 4.69) is 0 Å². The second-order valence-corrected chi connectivity index (χ2v) is 7.72. The van der Waals surface area contributed by atoms with Crippen LogP contribution in [0.3, 0.4) is 0 Å². The zero-order valence-corrected chi connectivity index (χ0v) is 15.2. The second kappa shape index (κ2) is 7.17. The summed E-state index contributed by atoms with van der Waals surface area (Å²) in [6.45, 7) is 1.74. The number of anilines is 1. The zero-order valence-electron chi connectivity index (χ0n) is 13.6. The van der Waals surface area contributed by atoms with Crippen molar-refractivity contribution in [3.63, 3.8) is 0 Å². The molecule has 2 aromatic rings. The minimum absolute atomic E-state index is 0.0107. The van der Waals surface area contributed by atoms with Gasteiger partial charge in [-0.1, -0.05) is 18.5 Å². The van der Waals surface area contributed by atoms with E-state index in [-0.39, 0.29) is 38.3 Å². The summed E-state index contributed by atoms with van der Waals surface area (Å²) in [7, 11) is -2.46. The van der Waals surface area contributed by atoms with Gasteiger partial charge in [0.25, 0.3) is 0 Å². The molecule has 25 heavy (non-hydrogen) atoms. The number of carbonyl (C=O) groups is 1. The van der Waals surface area contributed by atoms with E-state index in [1.807, 2.05) is 6.07 Å². The van der Waals surface area contributed by atoms with Crippen molar-refractivity contribution in [3.05, 3.63) is 40.7 Å². The normalized spacial score (nSPS) is 11.1. The highest BCUT2D eigenvalue weighted by Crippen LogP contribution is 2.31. The van der Waals surface area contributed by atoms with Crippen LogP contribution in [0.4, 0.5) is 5.69 Å². The van der Waals surface area contributed by atoms with E-state index in [1.54, 1.807) is 6.92 Å². The Morgan fingerprint density at radius 3 is 2.68 bits per heavy atom. The standard InChI is InChI=1S/C16H16ClN3O4S/c1-3-6-25(22,23)13-5-4-11(17)7-12(13)20-9-10(8-18)14(19)15(20)16(21)24-2/h4-5,7,9H,3,6,19H2,1-2H3. The lowest BCUT2D eigenvalue weighted by Crippen LogP contribution is -2.15. The van der Waals surface area contributed by atoms with Crippen molar-refractivity contribution in [1.82, 2.24) is 4.57 Å². The first-order valence-electron chi connectivity index (χ1n) is 7.28. The number of benzene rings is 1. The minimum atomic E-state index is -3.62. The summed E-state index contributed by atoms with van der Waals surface area (Å²) >= 11 is 6.02. The number of halogens is 1. The number of sulfone groups is 1. The number of methoxy groups -OCH3 is 1. The van der Waals surface area contributed by atoms with Gasteiger partial charge in [0.05, 0.1) is 34.7 Å². The van der Waals surface area contributed by atoms with Crippen molar-refractivity contribution in [2.24, 2.45) is 0 Å². The Kier molecular flexibility index (Phi) is 5.40. The number of hydrogen-bond donors (Lipinski definition) is 1. The van der Waals surface area contributed by atoms with Crippen LogP contribution in [0, 0.1) is 11.3 Å². The number of nitrogens with two attached hydrogens (primary N) is 1. The van der Waals surface area contributed by atoms with Gasteiger partial charge in [-0.05, 0) is 24.6 Å². The largest absolute Gasteiger partial charge is 0.464 e. The summed E-state index contributed by atoms with van der Waals surface area (Å²) in [5, 5.41) is 9.46. The first-order chi connectivity index (χ1) is 11.8.